The molecule has 0 bridgehead atoms. The Kier molecular flexibility index (Phi) is 5.85. The lowest BCUT2D eigenvalue weighted by Gasteiger charge is -2.28. The third-order valence-electron chi connectivity index (χ3n) is 3.19. The van der Waals surface area contributed by atoms with Crippen LogP contribution in [0.1, 0.15) is 10.4 Å². The number of hydrogen-bond donors (Lipinski definition) is 1. The average Bonchev–Trinajstić information content (AvgIpc) is 2.53. The van der Waals surface area contributed by atoms with Gasteiger partial charge in [-0.1, -0.05) is 23.2 Å². The number of nitrogens with one attached hydrogen (secondary N) is 1. The van der Waals surface area contributed by atoms with Gasteiger partial charge in [-0.25, -0.2) is 0 Å². The molecule has 1 saturated heterocycles. The van der Waals surface area contributed by atoms with Crippen LogP contribution in [0, 0.1) is 0 Å². The maximum Gasteiger partial charge on any atom is 0.253 e. The van der Waals surface area contributed by atoms with Gasteiger partial charge in [0.25, 0.3) is 5.91 Å². The number of nitrogens with zero attached hydrogens (tertiary/aromatic N) is 1. The molecule has 1 amide bonds. The Morgan fingerprint density at radius 3 is 2.38 bits per heavy atom. The molecule has 1 aliphatic rings. The van der Waals surface area contributed by atoms with Crippen molar-refractivity contribution in [1.82, 2.24) is 5.32 Å². The zero-order valence-electron chi connectivity index (χ0n) is 11.4. The van der Waals surface area contributed by atoms with Crippen LogP contribution in [0.5, 0.6) is 0 Å². The lowest BCUT2D eigenvalue weighted by molar-refractivity contribution is -0.119. The number of hydrogen-bond acceptors (Lipinski definition) is 4. The highest BCUT2D eigenvalue weighted by Gasteiger charge is 2.14. The maximum absolute atomic E-state index is 11.9. The smallest absolute Gasteiger partial charge is 0.253 e. The highest BCUT2D eigenvalue weighted by Crippen LogP contribution is 2.16. The standard InChI is InChI=1S/C14H16Cl2N2O3/c15-13(16)14(20)17-9-12(19)10-1-3-11(4-2-10)18-5-7-21-8-6-18/h1-4,13H,5-9H2,(H,17,20). The van der Waals surface area contributed by atoms with Crippen LogP contribution in [-0.4, -0.2) is 49.4 Å². The average molecular weight is 331 g/mol. The highest BCUT2D eigenvalue weighted by atomic mass is 35.5. The van der Waals surface area contributed by atoms with Crippen molar-refractivity contribution in [2.75, 3.05) is 37.7 Å². The van der Waals surface area contributed by atoms with Crippen molar-refractivity contribution in [3.8, 4) is 0 Å². The molecule has 0 aliphatic carbocycles. The van der Waals surface area contributed by atoms with E-state index in [9.17, 15) is 9.59 Å². The summed E-state index contributed by atoms with van der Waals surface area (Å²) in [5.74, 6) is -0.762. The molecule has 1 aromatic carbocycles. The molecular weight excluding hydrogens is 315 g/mol. The van der Waals surface area contributed by atoms with Gasteiger partial charge in [0.2, 0.25) is 0 Å². The molecule has 7 heteroatoms. The fourth-order valence-corrected chi connectivity index (χ4v) is 2.18. The molecule has 0 saturated carbocycles. The first-order valence-electron chi connectivity index (χ1n) is 6.60. The molecule has 21 heavy (non-hydrogen) atoms. The van der Waals surface area contributed by atoms with E-state index in [1.165, 1.54) is 0 Å². The molecule has 0 spiro atoms. The minimum Gasteiger partial charge on any atom is -0.378 e. The number of carbonyl (C=O) groups is 2. The van der Waals surface area contributed by atoms with Gasteiger partial charge in [-0.05, 0) is 24.3 Å². The van der Waals surface area contributed by atoms with Crippen LogP contribution in [0.3, 0.4) is 0 Å². The lowest BCUT2D eigenvalue weighted by Crippen LogP contribution is -2.36. The van der Waals surface area contributed by atoms with Crippen LogP contribution in [0.25, 0.3) is 0 Å². The van der Waals surface area contributed by atoms with Crippen molar-refractivity contribution in [1.29, 1.82) is 0 Å². The Morgan fingerprint density at radius 1 is 1.19 bits per heavy atom. The molecule has 2 rings (SSSR count). The van der Waals surface area contributed by atoms with E-state index in [1.807, 2.05) is 12.1 Å². The van der Waals surface area contributed by atoms with Crippen molar-refractivity contribution in [3.63, 3.8) is 0 Å². The summed E-state index contributed by atoms with van der Waals surface area (Å²) in [5, 5.41) is 2.38. The number of morpholine rings is 1. The lowest BCUT2D eigenvalue weighted by atomic mass is 10.1. The van der Waals surface area contributed by atoms with Gasteiger partial charge < -0.3 is 15.0 Å². The van der Waals surface area contributed by atoms with Gasteiger partial charge in [0.05, 0.1) is 19.8 Å². The van der Waals surface area contributed by atoms with Crippen LogP contribution < -0.4 is 10.2 Å². The second-order valence-corrected chi connectivity index (χ2v) is 5.68. The third kappa shape index (κ3) is 4.59. The van der Waals surface area contributed by atoms with Gasteiger partial charge in [0.15, 0.2) is 10.6 Å². The van der Waals surface area contributed by atoms with E-state index in [-0.39, 0.29) is 12.3 Å². The van der Waals surface area contributed by atoms with Gasteiger partial charge in [-0.3, -0.25) is 9.59 Å². The first kappa shape index (κ1) is 16.1. The number of anilines is 1. The second-order valence-electron chi connectivity index (χ2n) is 4.59. The highest BCUT2D eigenvalue weighted by molar-refractivity contribution is 6.53. The van der Waals surface area contributed by atoms with Crippen LogP contribution >= 0.6 is 23.2 Å². The number of alkyl halides is 2. The molecule has 114 valence electrons. The van der Waals surface area contributed by atoms with Crippen molar-refractivity contribution in [2.24, 2.45) is 0 Å². The first-order valence-corrected chi connectivity index (χ1v) is 7.47. The van der Waals surface area contributed by atoms with Gasteiger partial charge in [-0.15, -0.1) is 0 Å². The largest absolute Gasteiger partial charge is 0.378 e. The quantitative estimate of drug-likeness (QED) is 0.658. The van der Waals surface area contributed by atoms with Crippen LogP contribution in [0.15, 0.2) is 24.3 Å². The number of ketones is 1. The molecule has 0 atom stereocenters. The van der Waals surface area contributed by atoms with E-state index < -0.39 is 10.7 Å². The van der Waals surface area contributed by atoms with Gasteiger partial charge in [-0.2, -0.15) is 0 Å². The molecule has 5 nitrogen and oxygen atoms in total. The van der Waals surface area contributed by atoms with Crippen LogP contribution in [0.2, 0.25) is 0 Å². The number of ether oxygens (including phenoxy) is 1. The van der Waals surface area contributed by atoms with Crippen LogP contribution in [-0.2, 0) is 9.53 Å². The summed E-state index contributed by atoms with van der Waals surface area (Å²) in [6.45, 7) is 2.99. The fourth-order valence-electron chi connectivity index (χ4n) is 2.03. The molecule has 0 unspecified atom stereocenters. The predicted octanol–water partition coefficient (Wildman–Crippen LogP) is 1.63. The van der Waals surface area contributed by atoms with Crippen molar-refractivity contribution < 1.29 is 14.3 Å². The Labute approximate surface area is 133 Å². The topological polar surface area (TPSA) is 58.6 Å². The van der Waals surface area contributed by atoms with Crippen molar-refractivity contribution in [2.45, 2.75) is 4.84 Å². The zero-order valence-corrected chi connectivity index (χ0v) is 12.9. The normalized spacial score (nSPS) is 15.1. The summed E-state index contributed by atoms with van der Waals surface area (Å²) in [7, 11) is 0. The molecule has 1 aromatic rings. The number of carbonyl (C=O) groups excluding carboxylic acids is 2. The molecular formula is C14H16Cl2N2O3. The second kappa shape index (κ2) is 7.64. The summed E-state index contributed by atoms with van der Waals surface area (Å²) in [6, 6.07) is 7.29. The third-order valence-corrected chi connectivity index (χ3v) is 3.58. The summed E-state index contributed by atoms with van der Waals surface area (Å²) < 4.78 is 5.30. The summed E-state index contributed by atoms with van der Waals surface area (Å²) >= 11 is 10.8. The molecule has 1 fully saturated rings. The SMILES string of the molecule is O=C(CNC(=O)C(Cl)Cl)c1ccc(N2CCOCC2)cc1. The van der Waals surface area contributed by atoms with Crippen molar-refractivity contribution >= 4 is 40.6 Å². The minimum absolute atomic E-state index is 0.119. The van der Waals surface area contributed by atoms with Gasteiger partial charge >= 0.3 is 0 Å². The Bertz CT molecular complexity index is 499. The molecule has 0 aromatic heterocycles. The fraction of sp³-hybridized carbons (Fsp3) is 0.429. The van der Waals surface area contributed by atoms with E-state index in [0.717, 1.165) is 18.8 Å². The Hall–Kier alpha value is -1.30. The van der Waals surface area contributed by atoms with Crippen molar-refractivity contribution in [3.05, 3.63) is 29.8 Å². The molecule has 0 radical (unpaired) electrons. The number of amides is 1. The number of rotatable bonds is 5. The van der Waals surface area contributed by atoms with Gasteiger partial charge in [0, 0.05) is 24.3 Å². The number of halogens is 2. The van der Waals surface area contributed by atoms with E-state index in [0.29, 0.717) is 18.8 Å². The monoisotopic (exact) mass is 330 g/mol. The maximum atomic E-state index is 11.9. The van der Waals surface area contributed by atoms with E-state index >= 15 is 0 Å². The van der Waals surface area contributed by atoms with E-state index in [1.54, 1.807) is 12.1 Å². The number of benzene rings is 1. The summed E-state index contributed by atoms with van der Waals surface area (Å²) in [4.78, 5) is 24.2. The molecule has 1 heterocycles. The predicted molar refractivity (Wildman–Crippen MR) is 82.3 cm³/mol. The van der Waals surface area contributed by atoms with Gasteiger partial charge in [0.1, 0.15) is 0 Å². The van der Waals surface area contributed by atoms with E-state index in [2.05, 4.69) is 10.2 Å². The molecule has 1 aliphatic heterocycles. The Balaban J connectivity index is 1.91. The Morgan fingerprint density at radius 2 is 1.81 bits per heavy atom. The number of Topliss-reactive ketones (excluding diaryl/α,β-unsaturated/α-hetero) is 1. The first-order chi connectivity index (χ1) is 10.1. The minimum atomic E-state index is -1.17. The van der Waals surface area contributed by atoms with E-state index in [4.69, 9.17) is 27.9 Å². The summed E-state index contributed by atoms with van der Waals surface area (Å²) in [5.41, 5.74) is 1.59. The molecule has 1 N–H and O–H groups in total. The summed E-state index contributed by atoms with van der Waals surface area (Å²) in [6.07, 6.45) is 0. The van der Waals surface area contributed by atoms with Crippen LogP contribution in [0.4, 0.5) is 5.69 Å². The zero-order chi connectivity index (χ0) is 15.2.